The Kier molecular flexibility index (Phi) is 5.67. The van der Waals surface area contributed by atoms with Gasteiger partial charge in [-0.25, -0.2) is 9.78 Å². The summed E-state index contributed by atoms with van der Waals surface area (Å²) in [4.78, 5) is 27.0. The van der Waals surface area contributed by atoms with E-state index in [9.17, 15) is 9.59 Å². The van der Waals surface area contributed by atoms with Crippen LogP contribution in [0.5, 0.6) is 0 Å². The molecule has 1 amide bonds. The van der Waals surface area contributed by atoms with Gasteiger partial charge in [0.15, 0.2) is 0 Å². The molecular weight excluding hydrogens is 256 g/mol. The Labute approximate surface area is 119 Å². The van der Waals surface area contributed by atoms with E-state index in [1.807, 2.05) is 6.92 Å². The zero-order valence-electron chi connectivity index (χ0n) is 12.4. The molecule has 0 bridgehead atoms. The predicted octanol–water partition coefficient (Wildman–Crippen LogP) is 2.64. The molecule has 0 aliphatic carbocycles. The van der Waals surface area contributed by atoms with Gasteiger partial charge in [-0.2, -0.15) is 0 Å². The predicted molar refractivity (Wildman–Crippen MR) is 76.9 cm³/mol. The molecule has 1 unspecified atom stereocenters. The van der Waals surface area contributed by atoms with Crippen LogP contribution in [-0.2, 0) is 0 Å². The van der Waals surface area contributed by atoms with E-state index in [0.29, 0.717) is 11.6 Å². The lowest BCUT2D eigenvalue weighted by Gasteiger charge is -2.15. The normalized spacial score (nSPS) is 12.2. The molecule has 1 aromatic rings. The van der Waals surface area contributed by atoms with Crippen molar-refractivity contribution in [2.24, 2.45) is 5.92 Å². The van der Waals surface area contributed by atoms with E-state index in [1.54, 1.807) is 6.92 Å². The van der Waals surface area contributed by atoms with Gasteiger partial charge in [-0.1, -0.05) is 13.8 Å². The van der Waals surface area contributed by atoms with E-state index >= 15 is 0 Å². The summed E-state index contributed by atoms with van der Waals surface area (Å²) in [6.07, 6.45) is 1.96. The van der Waals surface area contributed by atoms with Crippen molar-refractivity contribution >= 4 is 11.9 Å². The molecule has 0 aromatic carbocycles. The van der Waals surface area contributed by atoms with Crippen molar-refractivity contribution in [2.45, 2.75) is 46.6 Å². The number of carbonyl (C=O) groups is 2. The monoisotopic (exact) mass is 278 g/mol. The van der Waals surface area contributed by atoms with Gasteiger partial charge in [0.25, 0.3) is 5.91 Å². The number of rotatable bonds is 6. The third kappa shape index (κ3) is 4.64. The Balaban J connectivity index is 2.68. The first-order valence-electron chi connectivity index (χ1n) is 6.83. The number of nitrogens with one attached hydrogen (secondary N) is 1. The highest BCUT2D eigenvalue weighted by Crippen LogP contribution is 2.09. The third-order valence-corrected chi connectivity index (χ3v) is 3.10. The molecule has 0 saturated carbocycles. The van der Waals surface area contributed by atoms with Crippen LogP contribution in [0.25, 0.3) is 0 Å². The molecule has 1 rings (SSSR count). The van der Waals surface area contributed by atoms with Gasteiger partial charge in [-0.15, -0.1) is 0 Å². The molecule has 1 heterocycles. The Hall–Kier alpha value is -1.91. The maximum atomic E-state index is 12.0. The second-order valence-corrected chi connectivity index (χ2v) is 5.48. The minimum atomic E-state index is -1.03. The molecule has 0 radical (unpaired) electrons. The first-order valence-corrected chi connectivity index (χ1v) is 6.83. The maximum Gasteiger partial charge on any atom is 0.337 e. The molecule has 5 nitrogen and oxygen atoms in total. The summed E-state index contributed by atoms with van der Waals surface area (Å²) in [6, 6.07) is 2.94. The summed E-state index contributed by atoms with van der Waals surface area (Å²) in [5.74, 6) is -0.696. The van der Waals surface area contributed by atoms with Crippen LogP contribution >= 0.6 is 0 Å². The molecule has 0 spiro atoms. The summed E-state index contributed by atoms with van der Waals surface area (Å²) in [7, 11) is 0. The number of aromatic nitrogens is 1. The van der Waals surface area contributed by atoms with Gasteiger partial charge in [0.2, 0.25) is 0 Å². The first-order chi connectivity index (χ1) is 9.31. The largest absolute Gasteiger partial charge is 0.478 e. The Morgan fingerprint density at radius 2 is 1.90 bits per heavy atom. The molecular formula is C15H22N2O3. The van der Waals surface area contributed by atoms with Crippen LogP contribution in [0.2, 0.25) is 0 Å². The Morgan fingerprint density at radius 1 is 1.25 bits per heavy atom. The summed E-state index contributed by atoms with van der Waals surface area (Å²) < 4.78 is 0. The fourth-order valence-corrected chi connectivity index (χ4v) is 1.87. The Morgan fingerprint density at radius 3 is 2.40 bits per heavy atom. The molecule has 1 atom stereocenters. The van der Waals surface area contributed by atoms with E-state index in [4.69, 9.17) is 5.11 Å². The molecule has 0 saturated heterocycles. The summed E-state index contributed by atoms with van der Waals surface area (Å²) in [5.41, 5.74) is 0.721. The van der Waals surface area contributed by atoms with Crippen LogP contribution in [0.4, 0.5) is 0 Å². The van der Waals surface area contributed by atoms with E-state index in [-0.39, 0.29) is 23.2 Å². The van der Waals surface area contributed by atoms with Crippen LogP contribution < -0.4 is 5.32 Å². The number of aryl methyl sites for hydroxylation is 1. The maximum absolute atomic E-state index is 12.0. The zero-order valence-corrected chi connectivity index (χ0v) is 12.4. The van der Waals surface area contributed by atoms with Gasteiger partial charge in [-0.3, -0.25) is 4.79 Å². The molecule has 0 aliphatic heterocycles. The van der Waals surface area contributed by atoms with Crippen LogP contribution in [0.15, 0.2) is 12.1 Å². The standard InChI is InChI=1S/C15H22N2O3/c1-9(2)5-6-10(3)16-14(18)13-8-7-12(15(19)20)11(4)17-13/h7-10H,5-6H2,1-4H3,(H,16,18)(H,19,20). The number of aromatic carboxylic acids is 1. The lowest BCUT2D eigenvalue weighted by molar-refractivity contribution is 0.0694. The average Bonchev–Trinajstić information content (AvgIpc) is 2.35. The molecule has 0 aliphatic rings. The molecule has 20 heavy (non-hydrogen) atoms. The van der Waals surface area contributed by atoms with Crippen molar-refractivity contribution in [1.29, 1.82) is 0 Å². The highest BCUT2D eigenvalue weighted by molar-refractivity contribution is 5.94. The highest BCUT2D eigenvalue weighted by Gasteiger charge is 2.14. The topological polar surface area (TPSA) is 79.3 Å². The van der Waals surface area contributed by atoms with E-state index in [0.717, 1.165) is 12.8 Å². The number of carboxylic acids is 1. The molecule has 110 valence electrons. The molecule has 1 aromatic heterocycles. The lowest BCUT2D eigenvalue weighted by atomic mass is 10.0. The van der Waals surface area contributed by atoms with Gasteiger partial charge in [-0.05, 0) is 44.7 Å². The third-order valence-electron chi connectivity index (χ3n) is 3.10. The fourth-order valence-electron chi connectivity index (χ4n) is 1.87. The van der Waals surface area contributed by atoms with Crippen molar-refractivity contribution < 1.29 is 14.7 Å². The van der Waals surface area contributed by atoms with Gasteiger partial charge >= 0.3 is 5.97 Å². The smallest absolute Gasteiger partial charge is 0.337 e. The first kappa shape index (κ1) is 16.1. The number of amides is 1. The van der Waals surface area contributed by atoms with Crippen LogP contribution in [0.3, 0.4) is 0 Å². The zero-order chi connectivity index (χ0) is 15.3. The van der Waals surface area contributed by atoms with Crippen molar-refractivity contribution in [3.8, 4) is 0 Å². The molecule has 5 heteroatoms. The van der Waals surface area contributed by atoms with Gasteiger partial charge in [0, 0.05) is 6.04 Å². The molecule has 2 N–H and O–H groups in total. The lowest BCUT2D eigenvalue weighted by Crippen LogP contribution is -2.33. The van der Waals surface area contributed by atoms with Crippen molar-refractivity contribution in [2.75, 3.05) is 0 Å². The number of nitrogens with zero attached hydrogens (tertiary/aromatic N) is 1. The summed E-state index contributed by atoms with van der Waals surface area (Å²) in [6.45, 7) is 7.83. The summed E-state index contributed by atoms with van der Waals surface area (Å²) >= 11 is 0. The fraction of sp³-hybridized carbons (Fsp3) is 0.533. The minimum Gasteiger partial charge on any atom is -0.478 e. The number of carboxylic acid groups (broad SMARTS) is 1. The summed E-state index contributed by atoms with van der Waals surface area (Å²) in [5, 5.41) is 11.8. The number of pyridine rings is 1. The van der Waals surface area contributed by atoms with Crippen LogP contribution in [-0.4, -0.2) is 28.0 Å². The number of hydrogen-bond acceptors (Lipinski definition) is 3. The van der Waals surface area contributed by atoms with E-state index in [1.165, 1.54) is 12.1 Å². The van der Waals surface area contributed by atoms with Crippen molar-refractivity contribution in [3.05, 3.63) is 29.1 Å². The molecule has 0 fully saturated rings. The second-order valence-electron chi connectivity index (χ2n) is 5.48. The Bertz CT molecular complexity index is 498. The van der Waals surface area contributed by atoms with Crippen LogP contribution in [0.1, 0.15) is 60.2 Å². The average molecular weight is 278 g/mol. The van der Waals surface area contributed by atoms with E-state index < -0.39 is 5.97 Å². The minimum absolute atomic E-state index is 0.0751. The highest BCUT2D eigenvalue weighted by atomic mass is 16.4. The van der Waals surface area contributed by atoms with Crippen molar-refractivity contribution in [1.82, 2.24) is 10.3 Å². The van der Waals surface area contributed by atoms with Crippen LogP contribution in [0, 0.1) is 12.8 Å². The quantitative estimate of drug-likeness (QED) is 0.838. The number of carbonyl (C=O) groups excluding carboxylic acids is 1. The van der Waals surface area contributed by atoms with Crippen molar-refractivity contribution in [3.63, 3.8) is 0 Å². The number of hydrogen-bond donors (Lipinski definition) is 2. The van der Waals surface area contributed by atoms with Gasteiger partial charge in [0.1, 0.15) is 5.69 Å². The van der Waals surface area contributed by atoms with E-state index in [2.05, 4.69) is 24.1 Å². The van der Waals surface area contributed by atoms with Gasteiger partial charge in [0.05, 0.1) is 11.3 Å². The SMILES string of the molecule is Cc1nc(C(=O)NC(C)CCC(C)C)ccc1C(=O)O. The second kappa shape index (κ2) is 7.03. The van der Waals surface area contributed by atoms with Gasteiger partial charge < -0.3 is 10.4 Å².